The van der Waals surface area contributed by atoms with Crippen LogP contribution in [-0.4, -0.2) is 23.3 Å². The summed E-state index contributed by atoms with van der Waals surface area (Å²) in [5.74, 6) is 5.60. The molecule has 0 amide bonds. The van der Waals surface area contributed by atoms with Gasteiger partial charge in [0.05, 0.1) is 0 Å². The molecule has 2 atom stereocenters. The molecule has 1 fully saturated rings. The summed E-state index contributed by atoms with van der Waals surface area (Å²) < 4.78 is 0. The van der Waals surface area contributed by atoms with Gasteiger partial charge in [0.2, 0.25) is 0 Å². The van der Waals surface area contributed by atoms with Crippen LogP contribution in [0.3, 0.4) is 0 Å². The van der Waals surface area contributed by atoms with Gasteiger partial charge in [-0.05, 0) is 33.2 Å². The second-order valence-electron chi connectivity index (χ2n) is 4.00. The van der Waals surface area contributed by atoms with Crippen LogP contribution >= 0.6 is 0 Å². The first-order chi connectivity index (χ1) is 6.14. The van der Waals surface area contributed by atoms with Crippen LogP contribution in [0.25, 0.3) is 0 Å². The van der Waals surface area contributed by atoms with E-state index in [1.165, 1.54) is 19.3 Å². The van der Waals surface area contributed by atoms with Gasteiger partial charge in [0.1, 0.15) is 5.60 Å². The molecule has 2 nitrogen and oxygen atoms in total. The maximum absolute atomic E-state index is 9.85. The largest absolute Gasteiger partial charge is 0.378 e. The molecule has 1 saturated heterocycles. The number of rotatable bonds is 2. The molecule has 0 aliphatic carbocycles. The third-order valence-electron chi connectivity index (χ3n) is 2.45. The quantitative estimate of drug-likeness (QED) is 0.629. The van der Waals surface area contributed by atoms with Crippen LogP contribution in [0, 0.1) is 11.8 Å². The summed E-state index contributed by atoms with van der Waals surface area (Å²) in [5.41, 5.74) is -0.816. The lowest BCUT2D eigenvalue weighted by molar-refractivity contribution is 0.0939. The number of nitrogens with one attached hydrogen (secondary N) is 1. The van der Waals surface area contributed by atoms with Crippen molar-refractivity contribution >= 4 is 0 Å². The van der Waals surface area contributed by atoms with Crippen LogP contribution in [0.4, 0.5) is 0 Å². The summed E-state index contributed by atoms with van der Waals surface area (Å²) in [5, 5.41) is 13.3. The van der Waals surface area contributed by atoms with Crippen molar-refractivity contribution < 1.29 is 5.11 Å². The molecule has 0 spiro atoms. The minimum absolute atomic E-state index is 0.449. The lowest BCUT2D eigenvalue weighted by Crippen LogP contribution is -2.40. The van der Waals surface area contributed by atoms with Crippen LogP contribution in [0.1, 0.15) is 39.5 Å². The van der Waals surface area contributed by atoms with Crippen LogP contribution in [-0.2, 0) is 0 Å². The van der Waals surface area contributed by atoms with Crippen molar-refractivity contribution in [3.05, 3.63) is 0 Å². The molecule has 0 aromatic heterocycles. The molecular formula is C11H19NO. The maximum atomic E-state index is 9.85. The first kappa shape index (κ1) is 10.6. The van der Waals surface area contributed by atoms with Gasteiger partial charge >= 0.3 is 0 Å². The first-order valence-corrected chi connectivity index (χ1v) is 5.04. The van der Waals surface area contributed by atoms with Crippen molar-refractivity contribution in [2.75, 3.05) is 6.54 Å². The summed E-state index contributed by atoms with van der Waals surface area (Å²) in [6.07, 6.45) is 4.45. The molecule has 0 radical (unpaired) electrons. The zero-order chi connectivity index (χ0) is 9.73. The summed E-state index contributed by atoms with van der Waals surface area (Å²) in [7, 11) is 0. The van der Waals surface area contributed by atoms with Crippen molar-refractivity contribution in [2.45, 2.75) is 51.2 Å². The van der Waals surface area contributed by atoms with E-state index in [1.807, 2.05) is 0 Å². The van der Waals surface area contributed by atoms with Gasteiger partial charge in [0.25, 0.3) is 0 Å². The molecule has 13 heavy (non-hydrogen) atoms. The summed E-state index contributed by atoms with van der Waals surface area (Å²) in [6.45, 7) is 4.64. The molecule has 0 aromatic rings. The van der Waals surface area contributed by atoms with Gasteiger partial charge in [-0.2, -0.15) is 0 Å². The number of aliphatic hydroxyl groups is 1. The van der Waals surface area contributed by atoms with Gasteiger partial charge in [-0.3, -0.25) is 0 Å². The highest BCUT2D eigenvalue weighted by Gasteiger charge is 2.23. The highest BCUT2D eigenvalue weighted by Crippen LogP contribution is 2.17. The fraction of sp³-hybridized carbons (Fsp3) is 0.818. The number of hydrogen-bond donors (Lipinski definition) is 2. The van der Waals surface area contributed by atoms with Gasteiger partial charge in [-0.25, -0.2) is 0 Å². The number of piperidine rings is 1. The second-order valence-corrected chi connectivity index (χ2v) is 4.00. The molecule has 0 aromatic carbocycles. The van der Waals surface area contributed by atoms with Gasteiger partial charge in [-0.1, -0.05) is 12.3 Å². The molecule has 2 N–H and O–H groups in total. The summed E-state index contributed by atoms with van der Waals surface area (Å²) in [6, 6.07) is 0.449. The average Bonchev–Trinajstić information content (AvgIpc) is 2.04. The van der Waals surface area contributed by atoms with E-state index in [0.29, 0.717) is 6.04 Å². The topological polar surface area (TPSA) is 32.3 Å². The monoisotopic (exact) mass is 181 g/mol. The van der Waals surface area contributed by atoms with Crippen molar-refractivity contribution in [1.29, 1.82) is 0 Å². The van der Waals surface area contributed by atoms with Crippen LogP contribution in [0.15, 0.2) is 0 Å². The highest BCUT2D eigenvalue weighted by atomic mass is 16.3. The van der Waals surface area contributed by atoms with E-state index in [-0.39, 0.29) is 0 Å². The fourth-order valence-corrected chi connectivity index (χ4v) is 1.90. The van der Waals surface area contributed by atoms with E-state index >= 15 is 0 Å². The van der Waals surface area contributed by atoms with E-state index < -0.39 is 5.60 Å². The Kier molecular flexibility index (Phi) is 3.77. The fourth-order valence-electron chi connectivity index (χ4n) is 1.90. The zero-order valence-electron chi connectivity index (χ0n) is 8.56. The molecule has 0 saturated carbocycles. The van der Waals surface area contributed by atoms with Crippen LogP contribution in [0.2, 0.25) is 0 Å². The Morgan fingerprint density at radius 3 is 2.85 bits per heavy atom. The van der Waals surface area contributed by atoms with Gasteiger partial charge < -0.3 is 10.4 Å². The minimum atomic E-state index is -0.816. The normalized spacial score (nSPS) is 27.2. The van der Waals surface area contributed by atoms with Gasteiger partial charge in [-0.15, -0.1) is 5.92 Å². The van der Waals surface area contributed by atoms with Crippen LogP contribution < -0.4 is 5.32 Å². The third kappa shape index (κ3) is 3.80. The van der Waals surface area contributed by atoms with E-state index in [0.717, 1.165) is 13.0 Å². The van der Waals surface area contributed by atoms with Crippen molar-refractivity contribution in [1.82, 2.24) is 5.32 Å². The smallest absolute Gasteiger partial charge is 0.124 e. The lowest BCUT2D eigenvalue weighted by Gasteiger charge is -2.28. The summed E-state index contributed by atoms with van der Waals surface area (Å²) >= 11 is 0. The average molecular weight is 181 g/mol. The van der Waals surface area contributed by atoms with E-state index in [9.17, 15) is 5.11 Å². The first-order valence-electron chi connectivity index (χ1n) is 5.04. The molecule has 1 aliphatic rings. The Hall–Kier alpha value is -0.520. The van der Waals surface area contributed by atoms with Gasteiger partial charge in [0, 0.05) is 12.5 Å². The van der Waals surface area contributed by atoms with E-state index in [2.05, 4.69) is 17.2 Å². The minimum Gasteiger partial charge on any atom is -0.378 e. The molecule has 74 valence electrons. The number of hydrogen-bond acceptors (Lipinski definition) is 2. The SMILES string of the molecule is CC#CC(C)(O)CC1CCCCN1. The van der Waals surface area contributed by atoms with Crippen LogP contribution in [0.5, 0.6) is 0 Å². The molecule has 1 aliphatic heterocycles. The Balaban J connectivity index is 2.40. The van der Waals surface area contributed by atoms with Crippen molar-refractivity contribution in [3.63, 3.8) is 0 Å². The second kappa shape index (κ2) is 4.64. The predicted molar refractivity (Wildman–Crippen MR) is 54.3 cm³/mol. The highest BCUT2D eigenvalue weighted by molar-refractivity contribution is 5.11. The Labute approximate surface area is 80.7 Å². The van der Waals surface area contributed by atoms with E-state index in [4.69, 9.17) is 0 Å². The summed E-state index contributed by atoms with van der Waals surface area (Å²) in [4.78, 5) is 0. The molecule has 1 heterocycles. The molecule has 1 rings (SSSR count). The Morgan fingerprint density at radius 2 is 2.31 bits per heavy atom. The predicted octanol–water partition coefficient (Wildman–Crippen LogP) is 1.29. The standard InChI is InChI=1S/C11H19NO/c1-3-7-11(2,13)9-10-6-4-5-8-12-10/h10,12-13H,4-6,8-9H2,1-2H3. The Bertz CT molecular complexity index is 206. The maximum Gasteiger partial charge on any atom is 0.124 e. The third-order valence-corrected chi connectivity index (χ3v) is 2.45. The van der Waals surface area contributed by atoms with Crippen molar-refractivity contribution in [2.24, 2.45) is 0 Å². The van der Waals surface area contributed by atoms with Crippen molar-refractivity contribution in [3.8, 4) is 11.8 Å². The molecule has 2 heteroatoms. The molecular weight excluding hydrogens is 162 g/mol. The van der Waals surface area contributed by atoms with E-state index in [1.54, 1.807) is 13.8 Å². The zero-order valence-corrected chi connectivity index (χ0v) is 8.56. The molecule has 0 bridgehead atoms. The van der Waals surface area contributed by atoms with Gasteiger partial charge in [0.15, 0.2) is 0 Å². The lowest BCUT2D eigenvalue weighted by atomic mass is 9.92. The Morgan fingerprint density at radius 1 is 1.54 bits per heavy atom. The molecule has 2 unspecified atom stereocenters.